The summed E-state index contributed by atoms with van der Waals surface area (Å²) in [5, 5.41) is 13.6. The first-order chi connectivity index (χ1) is 13.0. The molecule has 0 saturated carbocycles. The van der Waals surface area contributed by atoms with Gasteiger partial charge >= 0.3 is 5.97 Å². The average Bonchev–Trinajstić information content (AvgIpc) is 2.66. The van der Waals surface area contributed by atoms with Crippen LogP contribution in [0.5, 0.6) is 0 Å². The van der Waals surface area contributed by atoms with E-state index in [2.05, 4.69) is 10.6 Å². The lowest BCUT2D eigenvalue weighted by Crippen LogP contribution is -2.37. The molecule has 0 aliphatic heterocycles. The molecule has 0 spiro atoms. The second-order valence-corrected chi connectivity index (χ2v) is 5.77. The minimum atomic E-state index is -1.19. The highest BCUT2D eigenvalue weighted by Gasteiger charge is 2.16. The smallest absolute Gasteiger partial charge is 0.322 e. The Morgan fingerprint density at radius 1 is 1.00 bits per heavy atom. The van der Waals surface area contributed by atoms with E-state index < -0.39 is 24.3 Å². The number of rotatable bonds is 7. The molecule has 0 bridgehead atoms. The molecule has 6 nitrogen and oxygen atoms in total. The van der Waals surface area contributed by atoms with Gasteiger partial charge in [0.05, 0.1) is 10.6 Å². The van der Waals surface area contributed by atoms with Crippen LogP contribution in [0.2, 0.25) is 5.02 Å². The zero-order valence-electron chi connectivity index (χ0n) is 14.2. The van der Waals surface area contributed by atoms with Gasteiger partial charge in [-0.05, 0) is 23.8 Å². The molecule has 0 unspecified atom stereocenters. The van der Waals surface area contributed by atoms with Crippen LogP contribution in [-0.4, -0.2) is 29.4 Å². The van der Waals surface area contributed by atoms with Crippen molar-refractivity contribution in [2.75, 3.05) is 6.54 Å². The van der Waals surface area contributed by atoms with E-state index in [1.165, 1.54) is 12.1 Å². The maximum absolute atomic E-state index is 12.4. The number of carboxylic acid groups (broad SMARTS) is 1. The molecule has 2 rings (SSSR count). The molecule has 2 aromatic carbocycles. The highest BCUT2D eigenvalue weighted by atomic mass is 35.5. The zero-order valence-corrected chi connectivity index (χ0v) is 14.9. The van der Waals surface area contributed by atoms with E-state index in [0.717, 1.165) is 5.56 Å². The third-order valence-corrected chi connectivity index (χ3v) is 3.69. The number of carboxylic acids is 1. The Labute approximate surface area is 161 Å². The first-order valence-electron chi connectivity index (χ1n) is 7.96. The molecule has 0 aliphatic carbocycles. The Kier molecular flexibility index (Phi) is 7.34. The van der Waals surface area contributed by atoms with Gasteiger partial charge in [-0.3, -0.25) is 14.4 Å². The van der Waals surface area contributed by atoms with Crippen molar-refractivity contribution < 1.29 is 19.5 Å². The molecule has 2 aromatic rings. The molecule has 0 saturated heterocycles. The van der Waals surface area contributed by atoms with E-state index in [9.17, 15) is 14.4 Å². The Bertz CT molecular complexity index is 892. The Balaban J connectivity index is 2.20. The number of carbonyl (C=O) groups is 3. The summed E-state index contributed by atoms with van der Waals surface area (Å²) in [5.74, 6) is -2.50. The SMILES string of the molecule is O=C(O)CNC(=O)/C(=C/C=C/c1ccccc1)NC(=O)c1ccccc1Cl. The van der Waals surface area contributed by atoms with Gasteiger partial charge in [0, 0.05) is 0 Å². The van der Waals surface area contributed by atoms with E-state index in [0.29, 0.717) is 0 Å². The molecule has 3 N–H and O–H groups in total. The first kappa shape index (κ1) is 19.9. The number of carbonyl (C=O) groups excluding carboxylic acids is 2. The number of nitrogens with one attached hydrogen (secondary N) is 2. The summed E-state index contributed by atoms with van der Waals surface area (Å²) >= 11 is 6.00. The largest absolute Gasteiger partial charge is 0.480 e. The molecule has 0 fully saturated rings. The van der Waals surface area contributed by atoms with E-state index >= 15 is 0 Å². The predicted molar refractivity (Wildman–Crippen MR) is 103 cm³/mol. The van der Waals surface area contributed by atoms with Crippen molar-refractivity contribution in [1.29, 1.82) is 0 Å². The zero-order chi connectivity index (χ0) is 19.6. The van der Waals surface area contributed by atoms with Crippen LogP contribution in [-0.2, 0) is 9.59 Å². The van der Waals surface area contributed by atoms with Crippen LogP contribution < -0.4 is 10.6 Å². The number of benzene rings is 2. The van der Waals surface area contributed by atoms with Crippen molar-refractivity contribution in [3.8, 4) is 0 Å². The fourth-order valence-electron chi connectivity index (χ4n) is 2.08. The van der Waals surface area contributed by atoms with E-state index in [1.54, 1.807) is 30.4 Å². The number of aliphatic carboxylic acids is 1. The van der Waals surface area contributed by atoms with Crippen molar-refractivity contribution in [3.05, 3.63) is 88.6 Å². The maximum atomic E-state index is 12.4. The van der Waals surface area contributed by atoms with E-state index in [4.69, 9.17) is 16.7 Å². The second-order valence-electron chi connectivity index (χ2n) is 5.36. The summed E-state index contributed by atoms with van der Waals surface area (Å²) < 4.78 is 0. The Hall–Kier alpha value is -3.38. The summed E-state index contributed by atoms with van der Waals surface area (Å²) in [7, 11) is 0. The second kappa shape index (κ2) is 9.94. The topological polar surface area (TPSA) is 95.5 Å². The van der Waals surface area contributed by atoms with Gasteiger partial charge < -0.3 is 15.7 Å². The fraction of sp³-hybridized carbons (Fsp3) is 0.0500. The van der Waals surface area contributed by atoms with Crippen LogP contribution in [0.25, 0.3) is 6.08 Å². The van der Waals surface area contributed by atoms with Crippen molar-refractivity contribution >= 4 is 35.5 Å². The number of allylic oxidation sites excluding steroid dienone is 2. The summed E-state index contributed by atoms with van der Waals surface area (Å²) in [6.07, 6.45) is 4.71. The summed E-state index contributed by atoms with van der Waals surface area (Å²) in [4.78, 5) is 35.3. The normalized spacial score (nSPS) is 11.2. The lowest BCUT2D eigenvalue weighted by atomic mass is 10.2. The average molecular weight is 385 g/mol. The molecule has 0 aromatic heterocycles. The summed E-state index contributed by atoms with van der Waals surface area (Å²) in [6.45, 7) is -0.569. The van der Waals surface area contributed by atoms with Crippen LogP contribution in [0.4, 0.5) is 0 Å². The van der Waals surface area contributed by atoms with Crippen LogP contribution in [0, 0.1) is 0 Å². The molecule has 0 aliphatic rings. The summed E-state index contributed by atoms with van der Waals surface area (Å²) in [5.41, 5.74) is 0.993. The molecule has 2 amide bonds. The molecular formula is C20H17ClN2O4. The minimum absolute atomic E-state index is 0.103. The monoisotopic (exact) mass is 384 g/mol. The molecule has 7 heteroatoms. The van der Waals surface area contributed by atoms with Gasteiger partial charge in [0.15, 0.2) is 0 Å². The van der Waals surface area contributed by atoms with E-state index in [-0.39, 0.29) is 16.3 Å². The van der Waals surface area contributed by atoms with E-state index in [1.807, 2.05) is 30.3 Å². The standard InChI is InChI=1S/C20H17ClN2O4/c21-16-11-5-4-10-15(16)19(26)23-17(20(27)22-13-18(24)25)12-6-9-14-7-2-1-3-8-14/h1-12H,13H2,(H,22,27)(H,23,26)(H,24,25)/b9-6+,17-12-. The number of halogens is 1. The molecule has 138 valence electrons. The fourth-order valence-corrected chi connectivity index (χ4v) is 2.30. The Morgan fingerprint density at radius 3 is 2.33 bits per heavy atom. The number of amides is 2. The Morgan fingerprint density at radius 2 is 1.67 bits per heavy atom. The first-order valence-corrected chi connectivity index (χ1v) is 8.34. The molecule has 0 atom stereocenters. The van der Waals surface area contributed by atoms with Crippen molar-refractivity contribution in [2.45, 2.75) is 0 Å². The third-order valence-electron chi connectivity index (χ3n) is 3.36. The minimum Gasteiger partial charge on any atom is -0.480 e. The van der Waals surface area contributed by atoms with Crippen LogP contribution in [0.1, 0.15) is 15.9 Å². The van der Waals surface area contributed by atoms with Crippen molar-refractivity contribution in [3.63, 3.8) is 0 Å². The highest BCUT2D eigenvalue weighted by molar-refractivity contribution is 6.34. The molecule has 0 radical (unpaired) electrons. The van der Waals surface area contributed by atoms with Gasteiger partial charge in [-0.2, -0.15) is 0 Å². The molecular weight excluding hydrogens is 368 g/mol. The van der Waals surface area contributed by atoms with Gasteiger partial charge in [0.1, 0.15) is 12.2 Å². The van der Waals surface area contributed by atoms with Gasteiger partial charge in [0.2, 0.25) is 0 Å². The van der Waals surface area contributed by atoms with Crippen LogP contribution in [0.15, 0.2) is 72.4 Å². The molecule has 27 heavy (non-hydrogen) atoms. The number of hydrogen-bond donors (Lipinski definition) is 3. The van der Waals surface area contributed by atoms with Gasteiger partial charge in [-0.25, -0.2) is 0 Å². The summed E-state index contributed by atoms with van der Waals surface area (Å²) in [6, 6.07) is 15.7. The van der Waals surface area contributed by atoms with Crippen LogP contribution in [0.3, 0.4) is 0 Å². The lowest BCUT2D eigenvalue weighted by Gasteiger charge is -2.10. The quantitative estimate of drug-likeness (QED) is 0.505. The van der Waals surface area contributed by atoms with Gasteiger partial charge in [-0.15, -0.1) is 0 Å². The lowest BCUT2D eigenvalue weighted by molar-refractivity contribution is -0.137. The van der Waals surface area contributed by atoms with Gasteiger partial charge in [-0.1, -0.05) is 66.2 Å². The van der Waals surface area contributed by atoms with Crippen LogP contribution >= 0.6 is 11.6 Å². The highest BCUT2D eigenvalue weighted by Crippen LogP contribution is 2.15. The number of hydrogen-bond acceptors (Lipinski definition) is 3. The van der Waals surface area contributed by atoms with Gasteiger partial charge in [0.25, 0.3) is 11.8 Å². The third kappa shape index (κ3) is 6.45. The molecule has 0 heterocycles. The van der Waals surface area contributed by atoms with Crippen molar-refractivity contribution in [1.82, 2.24) is 10.6 Å². The van der Waals surface area contributed by atoms with Crippen molar-refractivity contribution in [2.24, 2.45) is 0 Å². The maximum Gasteiger partial charge on any atom is 0.322 e. The predicted octanol–water partition coefficient (Wildman–Crippen LogP) is 2.87.